The van der Waals surface area contributed by atoms with E-state index in [2.05, 4.69) is 25.6 Å². The van der Waals surface area contributed by atoms with Gasteiger partial charge in [-0.25, -0.2) is 0 Å². The highest BCUT2D eigenvalue weighted by molar-refractivity contribution is 9.10. The molecule has 5 heteroatoms. The van der Waals surface area contributed by atoms with E-state index in [9.17, 15) is 4.79 Å². The Labute approximate surface area is 93.7 Å². The summed E-state index contributed by atoms with van der Waals surface area (Å²) in [4.78, 5) is 12.9. The zero-order chi connectivity index (χ0) is 11.0. The van der Waals surface area contributed by atoms with Crippen molar-refractivity contribution in [3.63, 3.8) is 0 Å². The van der Waals surface area contributed by atoms with Gasteiger partial charge in [-0.2, -0.15) is 0 Å². The number of alkyl halides is 1. The second-order valence-corrected chi connectivity index (χ2v) is 4.20. The lowest BCUT2D eigenvalue weighted by molar-refractivity contribution is -0.140. The molecule has 0 radical (unpaired) electrons. The largest absolute Gasteiger partial charge is 0.468 e. The molecule has 0 N–H and O–H groups in total. The molecule has 0 aromatic rings. The predicted molar refractivity (Wildman–Crippen MR) is 58.7 cm³/mol. The lowest BCUT2D eigenvalue weighted by atomic mass is 10.3. The van der Waals surface area contributed by atoms with Gasteiger partial charge in [0.15, 0.2) is 0 Å². The molecule has 4 nitrogen and oxygen atoms in total. The molecule has 0 spiro atoms. The zero-order valence-corrected chi connectivity index (χ0v) is 10.5. The van der Waals surface area contributed by atoms with Gasteiger partial charge in [-0.1, -0.05) is 15.9 Å². The second-order valence-electron chi connectivity index (χ2n) is 3.10. The lowest BCUT2D eigenvalue weighted by Gasteiger charge is -2.18. The molecule has 0 aliphatic carbocycles. The average molecular weight is 268 g/mol. The number of methoxy groups -OCH3 is 2. The van der Waals surface area contributed by atoms with Crippen molar-refractivity contribution in [3.8, 4) is 0 Å². The summed E-state index contributed by atoms with van der Waals surface area (Å²) in [6, 6.07) is 0. The van der Waals surface area contributed by atoms with Crippen molar-refractivity contribution >= 4 is 21.9 Å². The molecule has 0 saturated heterocycles. The number of nitrogens with zero attached hydrogens (tertiary/aromatic N) is 1. The van der Waals surface area contributed by atoms with Crippen LogP contribution in [0.25, 0.3) is 0 Å². The van der Waals surface area contributed by atoms with E-state index in [4.69, 9.17) is 4.74 Å². The molecular formula is C9H18BrNO3. The predicted octanol–water partition coefficient (Wildman–Crippen LogP) is 0.891. The normalized spacial score (nSPS) is 12.9. The molecule has 1 atom stereocenters. The van der Waals surface area contributed by atoms with E-state index in [1.165, 1.54) is 7.11 Å². The van der Waals surface area contributed by atoms with Crippen LogP contribution in [-0.4, -0.2) is 56.7 Å². The molecular weight excluding hydrogens is 250 g/mol. The number of hydrogen-bond donors (Lipinski definition) is 0. The molecule has 0 aliphatic heterocycles. The molecule has 0 aromatic carbocycles. The standard InChI is InChI=1S/C9H18BrNO3/c1-11(5-4-6-13-2)7-8(10)9(12)14-3/h8H,4-7H2,1-3H3. The van der Waals surface area contributed by atoms with Gasteiger partial charge in [-0.3, -0.25) is 4.79 Å². The van der Waals surface area contributed by atoms with E-state index in [1.54, 1.807) is 7.11 Å². The fraction of sp³-hybridized carbons (Fsp3) is 0.889. The highest BCUT2D eigenvalue weighted by Crippen LogP contribution is 2.04. The molecule has 0 heterocycles. The van der Waals surface area contributed by atoms with Crippen molar-refractivity contribution < 1.29 is 14.3 Å². The van der Waals surface area contributed by atoms with Crippen molar-refractivity contribution in [2.75, 3.05) is 41.0 Å². The lowest BCUT2D eigenvalue weighted by Crippen LogP contribution is -2.32. The second kappa shape index (κ2) is 8.20. The minimum Gasteiger partial charge on any atom is -0.468 e. The van der Waals surface area contributed by atoms with E-state index >= 15 is 0 Å². The number of halogens is 1. The number of hydrogen-bond acceptors (Lipinski definition) is 4. The van der Waals surface area contributed by atoms with Gasteiger partial charge in [0.25, 0.3) is 0 Å². The van der Waals surface area contributed by atoms with Crippen LogP contribution >= 0.6 is 15.9 Å². The summed E-state index contributed by atoms with van der Waals surface area (Å²) in [6.07, 6.45) is 0.966. The molecule has 84 valence electrons. The van der Waals surface area contributed by atoms with Gasteiger partial charge in [0.05, 0.1) is 7.11 Å². The van der Waals surface area contributed by atoms with Gasteiger partial charge in [-0.15, -0.1) is 0 Å². The molecule has 14 heavy (non-hydrogen) atoms. The third-order valence-corrected chi connectivity index (χ3v) is 2.48. The van der Waals surface area contributed by atoms with Crippen LogP contribution in [0.2, 0.25) is 0 Å². The van der Waals surface area contributed by atoms with E-state index < -0.39 is 0 Å². The van der Waals surface area contributed by atoms with Crippen LogP contribution in [0.5, 0.6) is 0 Å². The van der Waals surface area contributed by atoms with Gasteiger partial charge in [0, 0.05) is 26.8 Å². The SMILES string of the molecule is COCCCN(C)CC(Br)C(=O)OC. The van der Waals surface area contributed by atoms with Crippen molar-refractivity contribution in [2.45, 2.75) is 11.2 Å². The quantitative estimate of drug-likeness (QED) is 0.390. The highest BCUT2D eigenvalue weighted by Gasteiger charge is 2.16. The summed E-state index contributed by atoms with van der Waals surface area (Å²) < 4.78 is 9.54. The van der Waals surface area contributed by atoms with E-state index in [0.717, 1.165) is 19.6 Å². The third kappa shape index (κ3) is 6.34. The maximum atomic E-state index is 11.1. The minimum absolute atomic E-state index is 0.233. The van der Waals surface area contributed by atoms with Crippen molar-refractivity contribution in [2.24, 2.45) is 0 Å². The molecule has 0 aromatic heterocycles. The van der Waals surface area contributed by atoms with Gasteiger partial charge >= 0.3 is 5.97 Å². The van der Waals surface area contributed by atoms with Gasteiger partial charge < -0.3 is 14.4 Å². The number of esters is 1. The van der Waals surface area contributed by atoms with Gasteiger partial charge in [0.1, 0.15) is 4.83 Å². The highest BCUT2D eigenvalue weighted by atomic mass is 79.9. The minimum atomic E-state index is -0.250. The van der Waals surface area contributed by atoms with Crippen LogP contribution in [0.15, 0.2) is 0 Å². The summed E-state index contributed by atoms with van der Waals surface area (Å²) >= 11 is 3.27. The van der Waals surface area contributed by atoms with E-state index in [0.29, 0.717) is 6.54 Å². The number of carbonyl (C=O) groups is 1. The Bertz CT molecular complexity index is 166. The summed E-state index contributed by atoms with van der Waals surface area (Å²) in [7, 11) is 5.04. The summed E-state index contributed by atoms with van der Waals surface area (Å²) in [5.41, 5.74) is 0. The van der Waals surface area contributed by atoms with Crippen LogP contribution in [0.3, 0.4) is 0 Å². The first-order valence-corrected chi connectivity index (χ1v) is 5.42. The Morgan fingerprint density at radius 1 is 1.50 bits per heavy atom. The Kier molecular flexibility index (Phi) is 8.12. The topological polar surface area (TPSA) is 38.8 Å². The summed E-state index contributed by atoms with van der Waals surface area (Å²) in [5.74, 6) is -0.233. The fourth-order valence-corrected chi connectivity index (χ4v) is 1.73. The molecule has 0 fully saturated rings. The first-order valence-electron chi connectivity index (χ1n) is 4.51. The average Bonchev–Trinajstić information content (AvgIpc) is 2.16. The number of carbonyl (C=O) groups excluding carboxylic acids is 1. The monoisotopic (exact) mass is 267 g/mol. The Morgan fingerprint density at radius 2 is 2.14 bits per heavy atom. The molecule has 0 rings (SSSR count). The van der Waals surface area contributed by atoms with Crippen LogP contribution < -0.4 is 0 Å². The Hall–Kier alpha value is -0.130. The Balaban J connectivity index is 3.59. The molecule has 0 amide bonds. The molecule has 0 bridgehead atoms. The number of rotatable bonds is 7. The van der Waals surface area contributed by atoms with Gasteiger partial charge in [-0.05, 0) is 13.5 Å². The first-order chi connectivity index (χ1) is 6.61. The van der Waals surface area contributed by atoms with Gasteiger partial charge in [0.2, 0.25) is 0 Å². The molecule has 1 unspecified atom stereocenters. The summed E-state index contributed by atoms with van der Waals surface area (Å²) in [5, 5.41) is 0. The van der Waals surface area contributed by atoms with Crippen LogP contribution in [0, 0.1) is 0 Å². The zero-order valence-electron chi connectivity index (χ0n) is 8.96. The van der Waals surface area contributed by atoms with Crippen molar-refractivity contribution in [1.82, 2.24) is 4.90 Å². The summed E-state index contributed by atoms with van der Waals surface area (Å²) in [6.45, 7) is 2.30. The molecule has 0 saturated carbocycles. The number of ether oxygens (including phenoxy) is 2. The van der Waals surface area contributed by atoms with E-state index in [-0.39, 0.29) is 10.8 Å². The van der Waals surface area contributed by atoms with Crippen LogP contribution in [-0.2, 0) is 14.3 Å². The van der Waals surface area contributed by atoms with Crippen LogP contribution in [0.1, 0.15) is 6.42 Å². The maximum Gasteiger partial charge on any atom is 0.320 e. The van der Waals surface area contributed by atoms with E-state index in [1.807, 2.05) is 7.05 Å². The molecule has 0 aliphatic rings. The Morgan fingerprint density at radius 3 is 2.64 bits per heavy atom. The van der Waals surface area contributed by atoms with Crippen LogP contribution in [0.4, 0.5) is 0 Å². The first kappa shape index (κ1) is 13.9. The van der Waals surface area contributed by atoms with Crippen molar-refractivity contribution in [3.05, 3.63) is 0 Å². The maximum absolute atomic E-state index is 11.1. The third-order valence-electron chi connectivity index (χ3n) is 1.82. The smallest absolute Gasteiger partial charge is 0.320 e. The fourth-order valence-electron chi connectivity index (χ4n) is 1.05. The van der Waals surface area contributed by atoms with Crippen molar-refractivity contribution in [1.29, 1.82) is 0 Å².